The molecule has 3 atom stereocenters. The monoisotopic (exact) mass is 496 g/mol. The summed E-state index contributed by atoms with van der Waals surface area (Å²) in [5.74, 6) is 2.72. The van der Waals surface area contributed by atoms with Crippen LogP contribution in [0.1, 0.15) is 54.7 Å². The van der Waals surface area contributed by atoms with Gasteiger partial charge >= 0.3 is 0 Å². The van der Waals surface area contributed by atoms with Crippen LogP contribution in [0.5, 0.6) is 0 Å². The van der Waals surface area contributed by atoms with E-state index in [1.54, 1.807) is 0 Å². The molecule has 1 aromatic heterocycles. The molecule has 2 aliphatic rings. The minimum absolute atomic E-state index is 0.509. The van der Waals surface area contributed by atoms with Gasteiger partial charge in [0.1, 0.15) is 11.5 Å². The van der Waals surface area contributed by atoms with Gasteiger partial charge in [-0.25, -0.2) is 4.98 Å². The van der Waals surface area contributed by atoms with Gasteiger partial charge in [0, 0.05) is 31.3 Å². The standard InChI is InChI=1S/C33H40N2O2/c1-25-11-9-17-30(19-25)33-34-32(26(2)37-33)24-36-23-29-16-10-18-31(20-29)35(21-27-12-5-3-6-13-27)22-28-14-7-4-8-15-28/h3-9,11-14,17,19,28-29,31H,10,15-16,18,20-24H2,1-2H3. The van der Waals surface area contributed by atoms with E-state index in [-0.39, 0.29) is 0 Å². The van der Waals surface area contributed by atoms with Gasteiger partial charge in [-0.1, -0.05) is 78.8 Å². The Bertz CT molecular complexity index is 1200. The van der Waals surface area contributed by atoms with Gasteiger partial charge in [-0.3, -0.25) is 4.90 Å². The topological polar surface area (TPSA) is 38.5 Å². The van der Waals surface area contributed by atoms with Crippen LogP contribution in [0.3, 0.4) is 0 Å². The van der Waals surface area contributed by atoms with Gasteiger partial charge in [-0.05, 0) is 69.1 Å². The zero-order chi connectivity index (χ0) is 25.5. The van der Waals surface area contributed by atoms with Crippen molar-refractivity contribution >= 4 is 0 Å². The number of aryl methyl sites for hydroxylation is 2. The molecule has 0 spiro atoms. The number of hydrogen-bond donors (Lipinski definition) is 0. The van der Waals surface area contributed by atoms with Crippen LogP contribution >= 0.6 is 0 Å². The van der Waals surface area contributed by atoms with Crippen molar-refractivity contribution in [2.24, 2.45) is 11.8 Å². The van der Waals surface area contributed by atoms with Crippen molar-refractivity contribution in [1.29, 1.82) is 0 Å². The summed E-state index contributed by atoms with van der Waals surface area (Å²) in [7, 11) is 0. The fourth-order valence-corrected chi connectivity index (χ4v) is 5.76. The average Bonchev–Trinajstić information content (AvgIpc) is 3.30. The summed E-state index contributed by atoms with van der Waals surface area (Å²) in [6.45, 7) is 7.51. The molecular weight excluding hydrogens is 456 g/mol. The minimum Gasteiger partial charge on any atom is -0.441 e. The molecule has 0 radical (unpaired) electrons. The summed E-state index contributed by atoms with van der Waals surface area (Å²) in [5, 5.41) is 0. The minimum atomic E-state index is 0.509. The Morgan fingerprint density at radius 1 is 1.03 bits per heavy atom. The highest BCUT2D eigenvalue weighted by molar-refractivity contribution is 5.54. The first-order valence-electron chi connectivity index (χ1n) is 13.9. The third-order valence-corrected chi connectivity index (χ3v) is 7.79. The molecule has 0 N–H and O–H groups in total. The summed E-state index contributed by atoms with van der Waals surface area (Å²) in [6.07, 6.45) is 15.2. The molecule has 1 fully saturated rings. The van der Waals surface area contributed by atoms with E-state index < -0.39 is 0 Å². The molecule has 2 aromatic carbocycles. The van der Waals surface area contributed by atoms with Crippen LogP contribution in [0.2, 0.25) is 0 Å². The molecule has 5 rings (SSSR count). The van der Waals surface area contributed by atoms with Crippen LogP contribution in [-0.4, -0.2) is 29.1 Å². The number of benzene rings is 2. The molecule has 4 nitrogen and oxygen atoms in total. The third kappa shape index (κ3) is 7.09. The molecule has 37 heavy (non-hydrogen) atoms. The van der Waals surface area contributed by atoms with Gasteiger partial charge in [0.05, 0.1) is 6.61 Å². The van der Waals surface area contributed by atoms with E-state index in [0.29, 0.717) is 30.4 Å². The molecule has 4 heteroatoms. The van der Waals surface area contributed by atoms with Gasteiger partial charge < -0.3 is 9.15 Å². The van der Waals surface area contributed by atoms with Crippen molar-refractivity contribution in [1.82, 2.24) is 9.88 Å². The number of ether oxygens (including phenoxy) is 1. The lowest BCUT2D eigenvalue weighted by atomic mass is 9.84. The van der Waals surface area contributed by atoms with Gasteiger partial charge in [0.25, 0.3) is 0 Å². The lowest BCUT2D eigenvalue weighted by Gasteiger charge is -2.39. The molecule has 1 saturated carbocycles. The first kappa shape index (κ1) is 25.7. The SMILES string of the molecule is Cc1cccc(-c2nc(COCC3CCCC(N(Cc4ccccc4)CC4C=CC=CC4)C3)c(C)o2)c1. The lowest BCUT2D eigenvalue weighted by Crippen LogP contribution is -2.41. The van der Waals surface area contributed by atoms with Crippen LogP contribution in [-0.2, 0) is 17.9 Å². The summed E-state index contributed by atoms with van der Waals surface area (Å²) in [5.41, 5.74) is 4.54. The summed E-state index contributed by atoms with van der Waals surface area (Å²) in [4.78, 5) is 7.49. The second kappa shape index (κ2) is 12.5. The van der Waals surface area contributed by atoms with E-state index in [2.05, 4.69) is 78.6 Å². The first-order chi connectivity index (χ1) is 18.1. The van der Waals surface area contributed by atoms with E-state index in [4.69, 9.17) is 14.1 Å². The normalized spacial score (nSPS) is 21.5. The van der Waals surface area contributed by atoms with Crippen LogP contribution in [0, 0.1) is 25.7 Å². The molecule has 194 valence electrons. The molecule has 2 aliphatic carbocycles. The average molecular weight is 497 g/mol. The molecule has 0 amide bonds. The van der Waals surface area contributed by atoms with Gasteiger partial charge in [-0.15, -0.1) is 0 Å². The fourth-order valence-electron chi connectivity index (χ4n) is 5.76. The third-order valence-electron chi connectivity index (χ3n) is 7.79. The highest BCUT2D eigenvalue weighted by atomic mass is 16.5. The summed E-state index contributed by atoms with van der Waals surface area (Å²) < 4.78 is 12.2. The molecule has 0 bridgehead atoms. The predicted molar refractivity (Wildman–Crippen MR) is 150 cm³/mol. The van der Waals surface area contributed by atoms with Crippen molar-refractivity contribution in [3.63, 3.8) is 0 Å². The van der Waals surface area contributed by atoms with Crippen molar-refractivity contribution < 1.29 is 9.15 Å². The van der Waals surface area contributed by atoms with E-state index in [1.807, 2.05) is 19.1 Å². The maximum absolute atomic E-state index is 6.25. The zero-order valence-electron chi connectivity index (χ0n) is 22.3. The van der Waals surface area contributed by atoms with E-state index in [9.17, 15) is 0 Å². The molecule has 1 heterocycles. The van der Waals surface area contributed by atoms with Crippen LogP contribution in [0.15, 0.2) is 83.3 Å². The molecule has 3 unspecified atom stereocenters. The smallest absolute Gasteiger partial charge is 0.226 e. The van der Waals surface area contributed by atoms with Gasteiger partial charge in [-0.2, -0.15) is 0 Å². The number of oxazole rings is 1. The van der Waals surface area contributed by atoms with Crippen LogP contribution in [0.4, 0.5) is 0 Å². The number of nitrogens with zero attached hydrogens (tertiary/aromatic N) is 2. The van der Waals surface area contributed by atoms with Crippen LogP contribution in [0.25, 0.3) is 11.5 Å². The van der Waals surface area contributed by atoms with E-state index in [1.165, 1.54) is 36.8 Å². The number of aromatic nitrogens is 1. The summed E-state index contributed by atoms with van der Waals surface area (Å²) in [6, 6.07) is 19.8. The van der Waals surface area contributed by atoms with Gasteiger partial charge in [0.15, 0.2) is 0 Å². The second-order valence-corrected chi connectivity index (χ2v) is 10.8. The molecule has 0 aliphatic heterocycles. The quantitative estimate of drug-likeness (QED) is 0.289. The largest absolute Gasteiger partial charge is 0.441 e. The Labute approximate surface area is 222 Å². The molecule has 3 aromatic rings. The molecule has 0 saturated heterocycles. The van der Waals surface area contributed by atoms with Crippen molar-refractivity contribution in [3.8, 4) is 11.5 Å². The number of hydrogen-bond acceptors (Lipinski definition) is 4. The Balaban J connectivity index is 1.18. The van der Waals surface area contributed by atoms with Crippen molar-refractivity contribution in [2.75, 3.05) is 13.2 Å². The van der Waals surface area contributed by atoms with Crippen LogP contribution < -0.4 is 0 Å². The first-order valence-corrected chi connectivity index (χ1v) is 13.9. The van der Waals surface area contributed by atoms with E-state index in [0.717, 1.165) is 43.1 Å². The highest BCUT2D eigenvalue weighted by Gasteiger charge is 2.28. The highest BCUT2D eigenvalue weighted by Crippen LogP contribution is 2.31. The molecular formula is C33H40N2O2. The Morgan fingerprint density at radius 3 is 2.73 bits per heavy atom. The van der Waals surface area contributed by atoms with Crippen molar-refractivity contribution in [3.05, 3.63) is 101 Å². The van der Waals surface area contributed by atoms with Gasteiger partial charge in [0.2, 0.25) is 5.89 Å². The van der Waals surface area contributed by atoms with Crippen molar-refractivity contribution in [2.45, 2.75) is 65.1 Å². The summed E-state index contributed by atoms with van der Waals surface area (Å²) >= 11 is 0. The number of allylic oxidation sites excluding steroid dienone is 3. The van der Waals surface area contributed by atoms with E-state index >= 15 is 0 Å². The second-order valence-electron chi connectivity index (χ2n) is 10.8. The number of rotatable bonds is 10. The predicted octanol–water partition coefficient (Wildman–Crippen LogP) is 7.67. The fraction of sp³-hybridized carbons (Fsp3) is 0.424. The Hall–Kier alpha value is -2.95. The Kier molecular flexibility index (Phi) is 8.70. The maximum atomic E-state index is 6.25. The maximum Gasteiger partial charge on any atom is 0.226 e. The Morgan fingerprint density at radius 2 is 1.92 bits per heavy atom. The lowest BCUT2D eigenvalue weighted by molar-refractivity contribution is 0.0420. The zero-order valence-corrected chi connectivity index (χ0v) is 22.3.